The first-order valence-corrected chi connectivity index (χ1v) is 13.7. The normalized spacial score (nSPS) is 23.6. The van der Waals surface area contributed by atoms with Gasteiger partial charge < -0.3 is 29.5 Å². The van der Waals surface area contributed by atoms with Crippen LogP contribution < -0.4 is 5.32 Å². The summed E-state index contributed by atoms with van der Waals surface area (Å²) < 4.78 is 18.0. The summed E-state index contributed by atoms with van der Waals surface area (Å²) in [4.78, 5) is 26.2. The maximum Gasteiger partial charge on any atom is 0.303 e. The number of ether oxygens (including phenoxy) is 3. The summed E-state index contributed by atoms with van der Waals surface area (Å²) in [6.45, 7) is 5.84. The number of aliphatic hydroxyl groups is 1. The van der Waals surface area contributed by atoms with E-state index in [0.717, 1.165) is 42.7 Å². The van der Waals surface area contributed by atoms with E-state index in [0.29, 0.717) is 5.69 Å². The number of hydrogen-bond acceptors (Lipinski definition) is 7. The SMILES string of the molecule is CC(=O)O[C@@H](C)C(=O)Nc1cccc([C@H]2O[C@@H](CN3CCCCCCC3)C[C@@H](c3ccc(CO)cc3)O2)c1. The standard InChI is InChI=1S/C30H40N2O6/c1-21(36-22(2)34)29(35)31-26-10-8-9-25(17-26)30-37-27(19-32-15-6-4-3-5-7-16-32)18-28(38-30)24-13-11-23(20-33)12-14-24/h8-14,17,21,27-28,30,33H,3-7,15-16,18-20H2,1-2H3,(H,31,35)/t21-,27+,28-,30-/m0/s1. The molecule has 0 unspecified atom stereocenters. The van der Waals surface area contributed by atoms with Crippen LogP contribution in [-0.2, 0) is 30.4 Å². The van der Waals surface area contributed by atoms with Crippen molar-refractivity contribution in [1.29, 1.82) is 0 Å². The fourth-order valence-electron chi connectivity index (χ4n) is 5.13. The van der Waals surface area contributed by atoms with Crippen molar-refractivity contribution < 1.29 is 28.9 Å². The van der Waals surface area contributed by atoms with E-state index in [9.17, 15) is 14.7 Å². The molecule has 2 saturated heterocycles. The molecule has 4 atom stereocenters. The van der Waals surface area contributed by atoms with Gasteiger partial charge in [-0.05, 0) is 56.1 Å². The third-order valence-electron chi connectivity index (χ3n) is 7.16. The molecule has 2 aromatic carbocycles. The number of carbonyl (C=O) groups excluding carboxylic acids is 2. The Kier molecular flexibility index (Phi) is 10.3. The number of aliphatic hydroxyl groups excluding tert-OH is 1. The molecule has 0 bridgehead atoms. The fourth-order valence-corrected chi connectivity index (χ4v) is 5.13. The summed E-state index contributed by atoms with van der Waals surface area (Å²) in [6, 6.07) is 15.3. The van der Waals surface area contributed by atoms with Crippen molar-refractivity contribution in [2.24, 2.45) is 0 Å². The van der Waals surface area contributed by atoms with Crippen LogP contribution >= 0.6 is 0 Å². The minimum atomic E-state index is -0.896. The topological polar surface area (TPSA) is 97.3 Å². The Morgan fingerprint density at radius 2 is 1.74 bits per heavy atom. The maximum absolute atomic E-state index is 12.5. The minimum Gasteiger partial charge on any atom is -0.453 e. The van der Waals surface area contributed by atoms with Crippen molar-refractivity contribution in [2.75, 3.05) is 25.0 Å². The molecule has 2 heterocycles. The third kappa shape index (κ3) is 8.11. The van der Waals surface area contributed by atoms with Crippen molar-refractivity contribution in [2.45, 2.75) is 83.6 Å². The first kappa shape index (κ1) is 28.2. The van der Waals surface area contributed by atoms with Crippen LogP contribution in [0.15, 0.2) is 48.5 Å². The van der Waals surface area contributed by atoms with E-state index in [1.807, 2.05) is 42.5 Å². The Hall–Kier alpha value is -2.78. The summed E-state index contributed by atoms with van der Waals surface area (Å²) in [5, 5.41) is 12.3. The van der Waals surface area contributed by atoms with Crippen LogP contribution in [0.4, 0.5) is 5.69 Å². The summed E-state index contributed by atoms with van der Waals surface area (Å²) in [5.74, 6) is -0.908. The van der Waals surface area contributed by atoms with Crippen LogP contribution in [0.5, 0.6) is 0 Å². The number of likely N-dealkylation sites (tertiary alicyclic amines) is 1. The third-order valence-corrected chi connectivity index (χ3v) is 7.16. The molecule has 0 radical (unpaired) electrons. The van der Waals surface area contributed by atoms with E-state index in [-0.39, 0.29) is 18.8 Å². The van der Waals surface area contributed by atoms with E-state index < -0.39 is 24.3 Å². The molecular formula is C30H40N2O6. The van der Waals surface area contributed by atoms with Gasteiger partial charge in [-0.3, -0.25) is 9.59 Å². The van der Waals surface area contributed by atoms with Gasteiger partial charge in [-0.15, -0.1) is 0 Å². The second-order valence-electron chi connectivity index (χ2n) is 10.3. The van der Waals surface area contributed by atoms with Gasteiger partial charge >= 0.3 is 5.97 Å². The fraction of sp³-hybridized carbons (Fsp3) is 0.533. The Morgan fingerprint density at radius 3 is 2.42 bits per heavy atom. The summed E-state index contributed by atoms with van der Waals surface area (Å²) in [5.41, 5.74) is 3.29. The highest BCUT2D eigenvalue weighted by Gasteiger charge is 2.33. The molecule has 2 N–H and O–H groups in total. The average Bonchev–Trinajstić information content (AvgIpc) is 2.90. The number of esters is 1. The molecule has 2 aliphatic rings. The van der Waals surface area contributed by atoms with Gasteiger partial charge in [0.25, 0.3) is 5.91 Å². The first-order chi connectivity index (χ1) is 18.4. The Balaban J connectivity index is 1.51. The number of nitrogens with zero attached hydrogens (tertiary/aromatic N) is 1. The van der Waals surface area contributed by atoms with Crippen LogP contribution in [-0.4, -0.2) is 53.7 Å². The van der Waals surface area contributed by atoms with Gasteiger partial charge in [-0.2, -0.15) is 0 Å². The second kappa shape index (κ2) is 13.8. The number of benzene rings is 2. The van der Waals surface area contributed by atoms with Crippen LogP contribution in [0.1, 0.15) is 81.5 Å². The number of rotatable bonds is 8. The average molecular weight is 525 g/mol. The molecule has 206 valence electrons. The van der Waals surface area contributed by atoms with E-state index in [1.165, 1.54) is 46.0 Å². The second-order valence-corrected chi connectivity index (χ2v) is 10.3. The lowest BCUT2D eigenvalue weighted by atomic mass is 9.99. The van der Waals surface area contributed by atoms with Gasteiger partial charge in [-0.1, -0.05) is 55.7 Å². The zero-order valence-corrected chi connectivity index (χ0v) is 22.4. The first-order valence-electron chi connectivity index (χ1n) is 13.7. The van der Waals surface area contributed by atoms with Gasteiger partial charge in [0.05, 0.1) is 18.8 Å². The highest BCUT2D eigenvalue weighted by atomic mass is 16.7. The lowest BCUT2D eigenvalue weighted by Crippen LogP contribution is -2.40. The van der Waals surface area contributed by atoms with E-state index >= 15 is 0 Å². The summed E-state index contributed by atoms with van der Waals surface area (Å²) in [6.07, 6.45) is 5.37. The molecule has 2 aliphatic heterocycles. The maximum atomic E-state index is 12.5. The lowest BCUT2D eigenvalue weighted by Gasteiger charge is -2.39. The lowest BCUT2D eigenvalue weighted by molar-refractivity contribution is -0.253. The molecule has 8 heteroatoms. The van der Waals surface area contributed by atoms with E-state index in [2.05, 4.69) is 10.2 Å². The molecule has 0 aliphatic carbocycles. The zero-order valence-electron chi connectivity index (χ0n) is 22.4. The predicted octanol–water partition coefficient (Wildman–Crippen LogP) is 4.88. The quantitative estimate of drug-likeness (QED) is 0.475. The van der Waals surface area contributed by atoms with Gasteiger partial charge in [0, 0.05) is 31.1 Å². The zero-order chi connectivity index (χ0) is 26.9. The smallest absolute Gasteiger partial charge is 0.303 e. The van der Waals surface area contributed by atoms with Crippen molar-refractivity contribution in [1.82, 2.24) is 4.90 Å². The summed E-state index contributed by atoms with van der Waals surface area (Å²) in [7, 11) is 0. The van der Waals surface area contributed by atoms with Crippen molar-refractivity contribution in [3.8, 4) is 0 Å². The molecule has 1 amide bonds. The molecule has 0 saturated carbocycles. The molecular weight excluding hydrogens is 484 g/mol. The molecule has 0 spiro atoms. The minimum absolute atomic E-state index is 0.00368. The van der Waals surface area contributed by atoms with Gasteiger partial charge in [0.15, 0.2) is 12.4 Å². The molecule has 4 rings (SSSR count). The molecule has 0 aromatic heterocycles. The van der Waals surface area contributed by atoms with Crippen LogP contribution in [0.3, 0.4) is 0 Å². The molecule has 8 nitrogen and oxygen atoms in total. The number of amides is 1. The number of anilines is 1. The van der Waals surface area contributed by atoms with Crippen LogP contribution in [0, 0.1) is 0 Å². The Labute approximate surface area is 225 Å². The van der Waals surface area contributed by atoms with Crippen molar-refractivity contribution in [3.63, 3.8) is 0 Å². The number of hydrogen-bond donors (Lipinski definition) is 2. The van der Waals surface area contributed by atoms with E-state index in [1.54, 1.807) is 6.07 Å². The van der Waals surface area contributed by atoms with Crippen molar-refractivity contribution in [3.05, 3.63) is 65.2 Å². The number of carbonyl (C=O) groups is 2. The molecule has 38 heavy (non-hydrogen) atoms. The molecule has 2 fully saturated rings. The monoisotopic (exact) mass is 524 g/mol. The molecule has 2 aromatic rings. The Morgan fingerprint density at radius 1 is 1.03 bits per heavy atom. The van der Waals surface area contributed by atoms with E-state index in [4.69, 9.17) is 14.2 Å². The van der Waals surface area contributed by atoms with Gasteiger partial charge in [-0.25, -0.2) is 0 Å². The van der Waals surface area contributed by atoms with Crippen molar-refractivity contribution >= 4 is 17.6 Å². The predicted molar refractivity (Wildman–Crippen MR) is 144 cm³/mol. The summed E-state index contributed by atoms with van der Waals surface area (Å²) >= 11 is 0. The largest absolute Gasteiger partial charge is 0.453 e. The van der Waals surface area contributed by atoms with Gasteiger partial charge in [0.1, 0.15) is 0 Å². The highest BCUT2D eigenvalue weighted by molar-refractivity contribution is 5.95. The van der Waals surface area contributed by atoms with Gasteiger partial charge in [0.2, 0.25) is 0 Å². The Bertz CT molecular complexity index is 1050. The van der Waals surface area contributed by atoms with Crippen LogP contribution in [0.25, 0.3) is 0 Å². The number of nitrogens with one attached hydrogen (secondary N) is 1. The highest BCUT2D eigenvalue weighted by Crippen LogP contribution is 2.38. The van der Waals surface area contributed by atoms with Crippen LogP contribution in [0.2, 0.25) is 0 Å².